The van der Waals surface area contributed by atoms with Crippen LogP contribution in [0.25, 0.3) is 0 Å². The Hall–Kier alpha value is -0.920. The molecule has 3 nitrogen and oxygen atoms in total. The lowest BCUT2D eigenvalue weighted by Crippen LogP contribution is -1.96. The smallest absolute Gasteiger partial charge is 0.235 e. The lowest BCUT2D eigenvalue weighted by atomic mass is 10.6. The first-order valence-electron chi connectivity index (χ1n) is 2.64. The third-order valence-corrected chi connectivity index (χ3v) is 0.648. The molecule has 3 heteroatoms. The van der Waals surface area contributed by atoms with Crippen LogP contribution in [0, 0.1) is 0 Å². The second-order valence-electron chi connectivity index (χ2n) is 1.34. The Labute approximate surface area is 54.0 Å². The maximum atomic E-state index is 9.47. The van der Waals surface area contributed by atoms with Crippen molar-refractivity contribution in [3.8, 4) is 0 Å². The fraction of sp³-hybridized carbons (Fsp3) is 0.500. The van der Waals surface area contributed by atoms with E-state index in [1.807, 2.05) is 0 Å². The van der Waals surface area contributed by atoms with E-state index in [2.05, 4.69) is 11.6 Å². The van der Waals surface area contributed by atoms with Crippen LogP contribution in [-0.4, -0.2) is 25.8 Å². The largest absolute Gasteiger partial charge is 0.375 e. The van der Waals surface area contributed by atoms with E-state index in [0.717, 1.165) is 0 Å². The van der Waals surface area contributed by atoms with Gasteiger partial charge in [0.2, 0.25) is 6.08 Å². The molecule has 0 aliphatic carbocycles. The number of aliphatic imine (C=N–C) groups is 1. The molecule has 0 aromatic carbocycles. The fourth-order valence-corrected chi connectivity index (χ4v) is 0.323. The minimum atomic E-state index is 0.386. The van der Waals surface area contributed by atoms with Gasteiger partial charge in [0.1, 0.15) is 0 Å². The van der Waals surface area contributed by atoms with Crippen LogP contribution in [0.2, 0.25) is 0 Å². The summed E-state index contributed by atoms with van der Waals surface area (Å²) in [5.41, 5.74) is 0. The number of isocyanates is 1. The highest BCUT2D eigenvalue weighted by Gasteiger charge is 1.79. The summed E-state index contributed by atoms with van der Waals surface area (Å²) >= 11 is 0. The first kappa shape index (κ1) is 8.08. The van der Waals surface area contributed by atoms with Crippen LogP contribution in [0.5, 0.6) is 0 Å². The summed E-state index contributed by atoms with van der Waals surface area (Å²) in [6, 6.07) is 0. The zero-order valence-corrected chi connectivity index (χ0v) is 5.17. The number of nitrogens with zero attached hydrogens (tertiary/aromatic N) is 1. The molecule has 0 aromatic heterocycles. The molecule has 0 saturated carbocycles. The Morgan fingerprint density at radius 2 is 2.56 bits per heavy atom. The van der Waals surface area contributed by atoms with Gasteiger partial charge in [-0.25, -0.2) is 9.79 Å². The molecule has 0 aromatic rings. The summed E-state index contributed by atoms with van der Waals surface area (Å²) in [6.45, 7) is 4.80. The first-order chi connectivity index (χ1) is 4.41. The van der Waals surface area contributed by atoms with Crippen molar-refractivity contribution in [1.29, 1.82) is 0 Å². The highest BCUT2D eigenvalue weighted by Crippen LogP contribution is 1.74. The Kier molecular flexibility index (Phi) is 6.36. The molecule has 0 spiro atoms. The van der Waals surface area contributed by atoms with Crippen LogP contribution in [0.15, 0.2) is 17.6 Å². The van der Waals surface area contributed by atoms with Gasteiger partial charge in [0.25, 0.3) is 0 Å². The fourth-order valence-electron chi connectivity index (χ4n) is 0.323. The zero-order chi connectivity index (χ0) is 6.95. The van der Waals surface area contributed by atoms with Gasteiger partial charge in [0, 0.05) is 0 Å². The van der Waals surface area contributed by atoms with Gasteiger partial charge in [-0.3, -0.25) is 0 Å². The van der Waals surface area contributed by atoms with Crippen LogP contribution in [0.1, 0.15) is 0 Å². The maximum Gasteiger partial charge on any atom is 0.235 e. The van der Waals surface area contributed by atoms with Crippen molar-refractivity contribution in [3.05, 3.63) is 12.7 Å². The number of hydrogen-bond acceptors (Lipinski definition) is 3. The van der Waals surface area contributed by atoms with Gasteiger partial charge in [0.15, 0.2) is 0 Å². The maximum absolute atomic E-state index is 9.47. The molecule has 0 heterocycles. The number of ether oxygens (including phenoxy) is 1. The van der Waals surface area contributed by atoms with Gasteiger partial charge in [-0.05, 0) is 0 Å². The third-order valence-electron chi connectivity index (χ3n) is 0.648. The predicted octanol–water partition coefficient (Wildman–Crippen LogP) is 0.525. The molecular weight excluding hydrogens is 118 g/mol. The lowest BCUT2D eigenvalue weighted by Gasteiger charge is -1.92. The number of rotatable bonds is 5. The summed E-state index contributed by atoms with van der Waals surface area (Å²) in [5.74, 6) is 0. The topological polar surface area (TPSA) is 38.7 Å². The second kappa shape index (κ2) is 7.08. The van der Waals surface area contributed by atoms with Crippen LogP contribution < -0.4 is 0 Å². The Bertz CT molecular complexity index is 116. The van der Waals surface area contributed by atoms with Crippen molar-refractivity contribution in [2.75, 3.05) is 19.8 Å². The summed E-state index contributed by atoms with van der Waals surface area (Å²) in [7, 11) is 0. The van der Waals surface area contributed by atoms with Crippen molar-refractivity contribution in [2.45, 2.75) is 0 Å². The van der Waals surface area contributed by atoms with E-state index < -0.39 is 0 Å². The average molecular weight is 127 g/mol. The van der Waals surface area contributed by atoms with Gasteiger partial charge >= 0.3 is 0 Å². The van der Waals surface area contributed by atoms with Crippen molar-refractivity contribution in [3.63, 3.8) is 0 Å². The molecule has 50 valence electrons. The van der Waals surface area contributed by atoms with E-state index in [4.69, 9.17) is 4.74 Å². The van der Waals surface area contributed by atoms with Crippen LogP contribution in [0.4, 0.5) is 0 Å². The summed E-state index contributed by atoms with van der Waals surface area (Å²) in [6.07, 6.45) is 3.06. The monoisotopic (exact) mass is 127 g/mol. The van der Waals surface area contributed by atoms with E-state index in [0.29, 0.717) is 19.8 Å². The second-order valence-corrected chi connectivity index (χ2v) is 1.34. The number of carbonyl (C=O) groups excluding carboxylic acids is 1. The first-order valence-corrected chi connectivity index (χ1v) is 2.64. The molecular formula is C6H9NO2. The van der Waals surface area contributed by atoms with Gasteiger partial charge in [-0.1, -0.05) is 6.08 Å². The van der Waals surface area contributed by atoms with E-state index in [1.165, 1.54) is 6.08 Å². The molecule has 0 saturated heterocycles. The van der Waals surface area contributed by atoms with Gasteiger partial charge < -0.3 is 4.74 Å². The molecule has 0 atom stereocenters. The van der Waals surface area contributed by atoms with Gasteiger partial charge in [-0.15, -0.1) is 6.58 Å². The van der Waals surface area contributed by atoms with Crippen molar-refractivity contribution in [1.82, 2.24) is 0 Å². The van der Waals surface area contributed by atoms with E-state index in [1.54, 1.807) is 6.08 Å². The van der Waals surface area contributed by atoms with E-state index >= 15 is 0 Å². The minimum absolute atomic E-state index is 0.386. The molecule has 0 aliphatic heterocycles. The molecule has 9 heavy (non-hydrogen) atoms. The molecule has 0 unspecified atom stereocenters. The molecule has 0 rings (SSSR count). The minimum Gasteiger partial charge on any atom is -0.375 e. The Morgan fingerprint density at radius 1 is 1.78 bits per heavy atom. The normalized spacial score (nSPS) is 8.00. The third kappa shape index (κ3) is 7.08. The summed E-state index contributed by atoms with van der Waals surface area (Å²) in [4.78, 5) is 12.7. The van der Waals surface area contributed by atoms with E-state index in [9.17, 15) is 4.79 Å². The standard InChI is InChI=1S/C6H9NO2/c1-2-4-9-5-3-7-6-8/h2H,1,3-5H2. The molecule has 0 N–H and O–H groups in total. The molecule has 0 bridgehead atoms. The van der Waals surface area contributed by atoms with Crippen LogP contribution in [0.3, 0.4) is 0 Å². The molecule has 0 fully saturated rings. The Morgan fingerprint density at radius 3 is 3.11 bits per heavy atom. The van der Waals surface area contributed by atoms with Crippen molar-refractivity contribution >= 4 is 6.08 Å². The van der Waals surface area contributed by atoms with Crippen LogP contribution in [-0.2, 0) is 9.53 Å². The molecule has 0 radical (unpaired) electrons. The average Bonchev–Trinajstić information content (AvgIpc) is 1.89. The van der Waals surface area contributed by atoms with E-state index in [-0.39, 0.29) is 0 Å². The van der Waals surface area contributed by atoms with Crippen molar-refractivity contribution < 1.29 is 9.53 Å². The molecule has 0 amide bonds. The lowest BCUT2D eigenvalue weighted by molar-refractivity contribution is 0.171. The van der Waals surface area contributed by atoms with Gasteiger partial charge in [-0.2, -0.15) is 0 Å². The Balaban J connectivity index is 2.90. The summed E-state index contributed by atoms with van der Waals surface area (Å²) < 4.78 is 4.89. The number of hydrogen-bond donors (Lipinski definition) is 0. The zero-order valence-electron chi connectivity index (χ0n) is 5.17. The summed E-state index contributed by atoms with van der Waals surface area (Å²) in [5, 5.41) is 0. The quantitative estimate of drug-likeness (QED) is 0.234. The molecule has 0 aliphatic rings. The predicted molar refractivity (Wildman–Crippen MR) is 34.0 cm³/mol. The van der Waals surface area contributed by atoms with Crippen molar-refractivity contribution in [2.24, 2.45) is 4.99 Å². The highest BCUT2D eigenvalue weighted by atomic mass is 16.5. The van der Waals surface area contributed by atoms with Gasteiger partial charge in [0.05, 0.1) is 19.8 Å². The SMILES string of the molecule is C=CCOCCN=C=O. The highest BCUT2D eigenvalue weighted by molar-refractivity contribution is 5.32. The van der Waals surface area contributed by atoms with Crippen LogP contribution >= 0.6 is 0 Å².